The minimum atomic E-state index is -1.09. The van der Waals surface area contributed by atoms with Crippen molar-refractivity contribution in [1.29, 1.82) is 0 Å². The number of anilines is 1. The second-order valence-electron chi connectivity index (χ2n) is 7.43. The standard InChI is InChI=1S/C19H21N5O5S3/c1-10-22-23-18(32-10)31-9-19(16(26)27)7-24-14(25)13(15(24)30-8-19)21-17(28)20-11-3-5-12(29-2)6-4-11/h3-6,13,15H,7-9H2,1-2H3,(H,26,27)(H2,20,21,28)/t13?,15-,19?/m1/s1. The van der Waals surface area contributed by atoms with E-state index in [1.807, 2.05) is 6.92 Å². The van der Waals surface area contributed by atoms with Crippen LogP contribution in [0.5, 0.6) is 5.75 Å². The molecule has 1 aromatic carbocycles. The Morgan fingerprint density at radius 2 is 2.09 bits per heavy atom. The normalized spacial score (nSPS) is 24.3. The number of methoxy groups -OCH3 is 1. The molecule has 3 atom stereocenters. The smallest absolute Gasteiger partial charge is 0.319 e. The van der Waals surface area contributed by atoms with E-state index in [0.717, 1.165) is 5.01 Å². The Kier molecular flexibility index (Phi) is 6.49. The number of amides is 3. The number of nitrogens with one attached hydrogen (secondary N) is 2. The van der Waals surface area contributed by atoms with Crippen LogP contribution in [-0.4, -0.2) is 74.7 Å². The van der Waals surface area contributed by atoms with Crippen LogP contribution in [0.1, 0.15) is 5.01 Å². The summed E-state index contributed by atoms with van der Waals surface area (Å²) in [7, 11) is 1.56. The van der Waals surface area contributed by atoms with E-state index in [1.54, 1.807) is 31.4 Å². The zero-order valence-electron chi connectivity index (χ0n) is 17.2. The number of aromatic nitrogens is 2. The molecule has 3 N–H and O–H groups in total. The molecule has 0 bridgehead atoms. The Morgan fingerprint density at radius 3 is 2.72 bits per heavy atom. The quantitative estimate of drug-likeness (QED) is 0.390. The van der Waals surface area contributed by atoms with Gasteiger partial charge in [-0.25, -0.2) is 4.79 Å². The lowest BCUT2D eigenvalue weighted by atomic mass is 9.89. The van der Waals surface area contributed by atoms with Gasteiger partial charge in [0.2, 0.25) is 5.91 Å². The van der Waals surface area contributed by atoms with Crippen molar-refractivity contribution in [2.45, 2.75) is 22.7 Å². The molecule has 2 aromatic rings. The second kappa shape index (κ2) is 9.16. The predicted molar refractivity (Wildman–Crippen MR) is 122 cm³/mol. The topological polar surface area (TPSA) is 134 Å². The van der Waals surface area contributed by atoms with Crippen molar-refractivity contribution in [3.05, 3.63) is 29.3 Å². The molecular weight excluding hydrogens is 474 g/mol. The van der Waals surface area contributed by atoms with Crippen LogP contribution in [0, 0.1) is 12.3 Å². The summed E-state index contributed by atoms with van der Waals surface area (Å²) in [6.45, 7) is 1.94. The number of rotatable bonds is 7. The van der Waals surface area contributed by atoms with Gasteiger partial charge in [-0.3, -0.25) is 9.59 Å². The average molecular weight is 496 g/mol. The molecule has 2 aliphatic rings. The number of benzene rings is 1. The molecule has 32 heavy (non-hydrogen) atoms. The number of β-lactam (4-membered cyclic amide) rings is 1. The number of aryl methyl sites for hydroxylation is 1. The highest BCUT2D eigenvalue weighted by atomic mass is 32.2. The number of carbonyl (C=O) groups is 3. The maximum absolute atomic E-state index is 12.7. The lowest BCUT2D eigenvalue weighted by Gasteiger charge is -2.53. The van der Waals surface area contributed by atoms with E-state index in [2.05, 4.69) is 20.8 Å². The van der Waals surface area contributed by atoms with Crippen LogP contribution < -0.4 is 15.4 Å². The van der Waals surface area contributed by atoms with Gasteiger partial charge >= 0.3 is 12.0 Å². The number of thioether (sulfide) groups is 2. The Hall–Kier alpha value is -2.51. The lowest BCUT2D eigenvalue weighted by molar-refractivity contribution is -0.155. The Labute approximate surface area is 196 Å². The summed E-state index contributed by atoms with van der Waals surface area (Å²) in [5, 5.41) is 23.8. The molecule has 4 rings (SSSR count). The van der Waals surface area contributed by atoms with Gasteiger partial charge in [0.25, 0.3) is 0 Å². The summed E-state index contributed by atoms with van der Waals surface area (Å²) in [5.41, 5.74) is -0.519. The fraction of sp³-hybridized carbons (Fsp3) is 0.421. The van der Waals surface area contributed by atoms with Gasteiger partial charge in [-0.2, -0.15) is 0 Å². The monoisotopic (exact) mass is 495 g/mol. The van der Waals surface area contributed by atoms with Crippen LogP contribution in [0.2, 0.25) is 0 Å². The van der Waals surface area contributed by atoms with Crippen molar-refractivity contribution in [3.63, 3.8) is 0 Å². The SMILES string of the molecule is COc1ccc(NC(=O)NC2C(=O)N3CC(CSc4nnc(C)s4)(C(=O)O)CS[C@H]23)cc1. The molecule has 10 nitrogen and oxygen atoms in total. The van der Waals surface area contributed by atoms with Crippen LogP contribution in [0.15, 0.2) is 28.6 Å². The third kappa shape index (κ3) is 4.50. The number of nitrogens with zero attached hydrogens (tertiary/aromatic N) is 3. The summed E-state index contributed by atoms with van der Waals surface area (Å²) in [4.78, 5) is 38.7. The van der Waals surface area contributed by atoms with E-state index in [0.29, 0.717) is 21.5 Å². The van der Waals surface area contributed by atoms with E-state index < -0.39 is 23.5 Å². The first-order chi connectivity index (χ1) is 15.3. The lowest BCUT2D eigenvalue weighted by Crippen LogP contribution is -2.74. The van der Waals surface area contributed by atoms with Crippen molar-refractivity contribution < 1.29 is 24.2 Å². The maximum Gasteiger partial charge on any atom is 0.319 e. The molecule has 0 radical (unpaired) electrons. The number of carboxylic acids is 1. The van der Waals surface area contributed by atoms with Gasteiger partial charge in [0.15, 0.2) is 4.34 Å². The number of urea groups is 1. The van der Waals surface area contributed by atoms with Crippen LogP contribution in [0.25, 0.3) is 0 Å². The zero-order chi connectivity index (χ0) is 22.9. The first-order valence-corrected chi connectivity index (χ1v) is 12.5. The Morgan fingerprint density at radius 1 is 1.34 bits per heavy atom. The number of fused-ring (bicyclic) bond motifs is 1. The van der Waals surface area contributed by atoms with Crippen LogP contribution in [-0.2, 0) is 9.59 Å². The molecule has 1 aromatic heterocycles. The molecular formula is C19H21N5O5S3. The van der Waals surface area contributed by atoms with Crippen LogP contribution >= 0.6 is 34.9 Å². The average Bonchev–Trinajstić information content (AvgIpc) is 3.21. The van der Waals surface area contributed by atoms with Gasteiger partial charge in [0.1, 0.15) is 27.6 Å². The van der Waals surface area contributed by atoms with Gasteiger partial charge in [0.05, 0.1) is 7.11 Å². The number of carbonyl (C=O) groups excluding carboxylic acids is 2. The van der Waals surface area contributed by atoms with Crippen LogP contribution in [0.3, 0.4) is 0 Å². The molecule has 3 heterocycles. The van der Waals surface area contributed by atoms with Gasteiger partial charge in [-0.15, -0.1) is 22.0 Å². The van der Waals surface area contributed by atoms with E-state index in [9.17, 15) is 19.5 Å². The molecule has 3 amide bonds. The van der Waals surface area contributed by atoms with Crippen molar-refractivity contribution >= 4 is 58.5 Å². The molecule has 2 saturated heterocycles. The number of aliphatic carboxylic acids is 1. The van der Waals surface area contributed by atoms with Crippen molar-refractivity contribution in [1.82, 2.24) is 20.4 Å². The fourth-order valence-corrected chi connectivity index (χ4v) is 7.10. The summed E-state index contributed by atoms with van der Waals surface area (Å²) in [5.74, 6) is 0.0601. The number of ether oxygens (including phenoxy) is 1. The summed E-state index contributed by atoms with van der Waals surface area (Å²) in [6.07, 6.45) is 0. The summed E-state index contributed by atoms with van der Waals surface area (Å²) >= 11 is 4.13. The second-order valence-corrected chi connectivity index (χ2v) is 10.9. The molecule has 170 valence electrons. The summed E-state index contributed by atoms with van der Waals surface area (Å²) in [6, 6.07) is 5.64. The molecule has 2 unspecified atom stereocenters. The van der Waals surface area contributed by atoms with E-state index in [-0.39, 0.29) is 23.6 Å². The van der Waals surface area contributed by atoms with Gasteiger partial charge in [-0.05, 0) is 31.2 Å². The maximum atomic E-state index is 12.7. The minimum Gasteiger partial charge on any atom is -0.497 e. The number of carboxylic acid groups (broad SMARTS) is 1. The highest BCUT2D eigenvalue weighted by Gasteiger charge is 2.57. The fourth-order valence-electron chi connectivity index (χ4n) is 3.43. The molecule has 0 saturated carbocycles. The number of hydrogen-bond donors (Lipinski definition) is 3. The third-order valence-electron chi connectivity index (χ3n) is 5.21. The van der Waals surface area contributed by atoms with Gasteiger partial charge < -0.3 is 25.4 Å². The van der Waals surface area contributed by atoms with Gasteiger partial charge in [-0.1, -0.05) is 23.1 Å². The molecule has 13 heteroatoms. The highest BCUT2D eigenvalue weighted by molar-refractivity contribution is 8.01. The molecule has 0 aliphatic carbocycles. The first-order valence-electron chi connectivity index (χ1n) is 9.61. The van der Waals surface area contributed by atoms with Crippen molar-refractivity contribution in [2.24, 2.45) is 5.41 Å². The van der Waals surface area contributed by atoms with Crippen LogP contribution in [0.4, 0.5) is 10.5 Å². The van der Waals surface area contributed by atoms with E-state index in [1.165, 1.54) is 39.8 Å². The predicted octanol–water partition coefficient (Wildman–Crippen LogP) is 2.12. The Bertz CT molecular complexity index is 1030. The summed E-state index contributed by atoms with van der Waals surface area (Å²) < 4.78 is 5.79. The largest absolute Gasteiger partial charge is 0.497 e. The zero-order valence-corrected chi connectivity index (χ0v) is 19.7. The first kappa shape index (κ1) is 22.7. The minimum absolute atomic E-state index is 0.0991. The highest BCUT2D eigenvalue weighted by Crippen LogP contribution is 2.44. The third-order valence-corrected chi connectivity index (χ3v) is 9.06. The molecule has 2 fully saturated rings. The molecule has 0 spiro atoms. The number of hydrogen-bond acceptors (Lipinski definition) is 9. The van der Waals surface area contributed by atoms with E-state index >= 15 is 0 Å². The van der Waals surface area contributed by atoms with E-state index in [4.69, 9.17) is 4.74 Å². The molecule has 2 aliphatic heterocycles. The van der Waals surface area contributed by atoms with Gasteiger partial charge in [0, 0.05) is 23.7 Å². The Balaban J connectivity index is 1.34. The van der Waals surface area contributed by atoms with Crippen molar-refractivity contribution in [2.75, 3.05) is 30.5 Å². The van der Waals surface area contributed by atoms with Crippen molar-refractivity contribution in [3.8, 4) is 5.75 Å².